The third-order valence-electron chi connectivity index (χ3n) is 4.37. The van der Waals surface area contributed by atoms with Crippen LogP contribution in [0.15, 0.2) is 24.3 Å². The second-order valence-corrected chi connectivity index (χ2v) is 5.51. The van der Waals surface area contributed by atoms with Crippen LogP contribution in [-0.2, 0) is 4.79 Å². The van der Waals surface area contributed by atoms with Crippen molar-refractivity contribution in [3.05, 3.63) is 29.8 Å². The van der Waals surface area contributed by atoms with E-state index in [9.17, 15) is 4.79 Å². The molecule has 1 atom stereocenters. The first-order valence-electron chi connectivity index (χ1n) is 7.54. The lowest BCUT2D eigenvalue weighted by molar-refractivity contribution is -0.135. The minimum Gasteiger partial charge on any atom is -0.492 e. The van der Waals surface area contributed by atoms with E-state index in [2.05, 4.69) is 17.1 Å². The van der Waals surface area contributed by atoms with Crippen LogP contribution in [0.2, 0.25) is 0 Å². The fourth-order valence-corrected chi connectivity index (χ4v) is 3.28. The van der Waals surface area contributed by atoms with E-state index in [1.54, 1.807) is 0 Å². The average Bonchev–Trinajstić information content (AvgIpc) is 2.93. The summed E-state index contributed by atoms with van der Waals surface area (Å²) in [7, 11) is 0. The summed E-state index contributed by atoms with van der Waals surface area (Å²) in [6.07, 6.45) is 2.10. The number of carbonyl (C=O) groups is 1. The number of piperidine rings is 1. The molecule has 0 bridgehead atoms. The predicted octanol–water partition coefficient (Wildman–Crippen LogP) is 1.76. The smallest absolute Gasteiger partial charge is 0.233 e. The van der Waals surface area contributed by atoms with Crippen molar-refractivity contribution in [3.8, 4) is 5.75 Å². The topological polar surface area (TPSA) is 41.6 Å². The van der Waals surface area contributed by atoms with Gasteiger partial charge in [-0.05, 0) is 38.9 Å². The molecule has 1 unspecified atom stereocenters. The van der Waals surface area contributed by atoms with Gasteiger partial charge < -0.3 is 15.0 Å². The highest BCUT2D eigenvalue weighted by molar-refractivity contribution is 5.85. The Morgan fingerprint density at radius 3 is 2.85 bits per heavy atom. The molecule has 1 aromatic rings. The number of rotatable bonds is 3. The van der Waals surface area contributed by atoms with E-state index in [0.717, 1.165) is 43.8 Å². The number of benzene rings is 1. The summed E-state index contributed by atoms with van der Waals surface area (Å²) >= 11 is 0. The third-order valence-corrected chi connectivity index (χ3v) is 4.37. The van der Waals surface area contributed by atoms with Crippen molar-refractivity contribution < 1.29 is 9.53 Å². The van der Waals surface area contributed by atoms with Crippen LogP contribution in [0.5, 0.6) is 5.75 Å². The zero-order valence-corrected chi connectivity index (χ0v) is 12.0. The summed E-state index contributed by atoms with van der Waals surface area (Å²) in [5, 5.41) is 3.36. The maximum atomic E-state index is 12.9. The van der Waals surface area contributed by atoms with Gasteiger partial charge in [-0.15, -0.1) is 0 Å². The molecule has 0 saturated carbocycles. The Labute approximate surface area is 120 Å². The monoisotopic (exact) mass is 274 g/mol. The van der Waals surface area contributed by atoms with E-state index in [1.807, 2.05) is 24.3 Å². The van der Waals surface area contributed by atoms with Gasteiger partial charge in [-0.1, -0.05) is 18.2 Å². The molecular formula is C16H22N2O2. The van der Waals surface area contributed by atoms with Crippen LogP contribution in [0, 0.1) is 0 Å². The van der Waals surface area contributed by atoms with Crippen molar-refractivity contribution in [2.24, 2.45) is 0 Å². The van der Waals surface area contributed by atoms with Crippen molar-refractivity contribution in [1.82, 2.24) is 10.2 Å². The Kier molecular flexibility index (Phi) is 3.92. The first-order valence-corrected chi connectivity index (χ1v) is 7.54. The number of ether oxygens (including phenoxy) is 1. The van der Waals surface area contributed by atoms with Gasteiger partial charge in [0, 0.05) is 18.2 Å². The van der Waals surface area contributed by atoms with Gasteiger partial charge >= 0.3 is 0 Å². The number of nitrogens with zero attached hydrogens (tertiary/aromatic N) is 1. The standard InChI is InChI=1S/C16H22N2O2/c1-2-18(12-7-9-17-10-8-12)16(19)14-11-20-15-6-4-3-5-13(14)15/h3-6,12,14,17H,2,7-11H2,1H3. The molecule has 0 aromatic heterocycles. The number of likely N-dealkylation sites (N-methyl/N-ethyl adjacent to an activating group) is 1. The fourth-order valence-electron chi connectivity index (χ4n) is 3.28. The molecule has 4 nitrogen and oxygen atoms in total. The van der Waals surface area contributed by atoms with Gasteiger partial charge in [0.1, 0.15) is 18.3 Å². The zero-order chi connectivity index (χ0) is 13.9. The first-order chi connectivity index (χ1) is 9.81. The van der Waals surface area contributed by atoms with E-state index in [4.69, 9.17) is 4.74 Å². The van der Waals surface area contributed by atoms with E-state index < -0.39 is 0 Å². The quantitative estimate of drug-likeness (QED) is 0.913. The molecule has 1 N–H and O–H groups in total. The SMILES string of the molecule is CCN(C(=O)C1COc2ccccc21)C1CCNCC1. The zero-order valence-electron chi connectivity index (χ0n) is 12.0. The Balaban J connectivity index is 1.77. The molecule has 0 aliphatic carbocycles. The Morgan fingerprint density at radius 2 is 2.10 bits per heavy atom. The predicted molar refractivity (Wildman–Crippen MR) is 78.0 cm³/mol. The maximum Gasteiger partial charge on any atom is 0.233 e. The summed E-state index contributed by atoms with van der Waals surface area (Å²) in [6.45, 7) is 5.35. The number of fused-ring (bicyclic) bond motifs is 1. The first kappa shape index (κ1) is 13.4. The van der Waals surface area contributed by atoms with Gasteiger partial charge in [-0.2, -0.15) is 0 Å². The normalized spacial score (nSPS) is 22.1. The highest BCUT2D eigenvalue weighted by atomic mass is 16.5. The van der Waals surface area contributed by atoms with Crippen LogP contribution < -0.4 is 10.1 Å². The van der Waals surface area contributed by atoms with E-state index >= 15 is 0 Å². The van der Waals surface area contributed by atoms with E-state index in [1.165, 1.54) is 0 Å². The third kappa shape index (κ3) is 2.40. The molecule has 2 aliphatic heterocycles. The molecule has 1 saturated heterocycles. The molecule has 0 spiro atoms. The Hall–Kier alpha value is -1.55. The molecule has 2 heterocycles. The summed E-state index contributed by atoms with van der Waals surface area (Å²) in [4.78, 5) is 14.9. The van der Waals surface area contributed by atoms with Crippen molar-refractivity contribution in [3.63, 3.8) is 0 Å². The van der Waals surface area contributed by atoms with Crippen LogP contribution >= 0.6 is 0 Å². The van der Waals surface area contributed by atoms with Crippen molar-refractivity contribution >= 4 is 5.91 Å². The van der Waals surface area contributed by atoms with E-state index in [-0.39, 0.29) is 11.8 Å². The molecule has 4 heteroatoms. The fraction of sp³-hybridized carbons (Fsp3) is 0.562. The molecular weight excluding hydrogens is 252 g/mol. The number of para-hydroxylation sites is 1. The molecule has 1 amide bonds. The lowest BCUT2D eigenvalue weighted by Crippen LogP contribution is -2.47. The summed E-state index contributed by atoms with van der Waals surface area (Å²) < 4.78 is 5.65. The minimum atomic E-state index is -0.124. The minimum absolute atomic E-state index is 0.124. The largest absolute Gasteiger partial charge is 0.492 e. The summed E-state index contributed by atoms with van der Waals surface area (Å²) in [5.74, 6) is 0.970. The molecule has 1 fully saturated rings. The molecule has 0 radical (unpaired) electrons. The van der Waals surface area contributed by atoms with Crippen LogP contribution in [-0.4, -0.2) is 43.1 Å². The van der Waals surface area contributed by atoms with Crippen LogP contribution in [0.3, 0.4) is 0 Å². The molecule has 108 valence electrons. The van der Waals surface area contributed by atoms with Gasteiger partial charge in [-0.3, -0.25) is 4.79 Å². The average molecular weight is 274 g/mol. The second-order valence-electron chi connectivity index (χ2n) is 5.51. The van der Waals surface area contributed by atoms with Gasteiger partial charge in [0.2, 0.25) is 5.91 Å². The lowest BCUT2D eigenvalue weighted by Gasteiger charge is -2.35. The molecule has 1 aromatic carbocycles. The van der Waals surface area contributed by atoms with Crippen molar-refractivity contribution in [2.45, 2.75) is 31.7 Å². The van der Waals surface area contributed by atoms with Crippen molar-refractivity contribution in [2.75, 3.05) is 26.2 Å². The van der Waals surface area contributed by atoms with Crippen LogP contribution in [0.4, 0.5) is 0 Å². The van der Waals surface area contributed by atoms with Crippen LogP contribution in [0.1, 0.15) is 31.2 Å². The summed E-state index contributed by atoms with van der Waals surface area (Å²) in [6, 6.07) is 8.27. The highest BCUT2D eigenvalue weighted by Gasteiger charge is 2.35. The number of hydrogen-bond donors (Lipinski definition) is 1. The number of carbonyl (C=O) groups excluding carboxylic acids is 1. The van der Waals surface area contributed by atoms with Crippen molar-refractivity contribution in [1.29, 1.82) is 0 Å². The maximum absolute atomic E-state index is 12.9. The molecule has 3 rings (SSSR count). The van der Waals surface area contributed by atoms with Gasteiger partial charge in [0.15, 0.2) is 0 Å². The molecule has 2 aliphatic rings. The van der Waals surface area contributed by atoms with E-state index in [0.29, 0.717) is 12.6 Å². The van der Waals surface area contributed by atoms with Crippen LogP contribution in [0.25, 0.3) is 0 Å². The summed E-state index contributed by atoms with van der Waals surface area (Å²) in [5.41, 5.74) is 1.05. The second kappa shape index (κ2) is 5.83. The number of nitrogens with one attached hydrogen (secondary N) is 1. The number of amides is 1. The highest BCUT2D eigenvalue weighted by Crippen LogP contribution is 2.35. The van der Waals surface area contributed by atoms with Gasteiger partial charge in [-0.25, -0.2) is 0 Å². The lowest BCUT2D eigenvalue weighted by atomic mass is 9.97. The Bertz CT molecular complexity index is 483. The number of hydrogen-bond acceptors (Lipinski definition) is 3. The van der Waals surface area contributed by atoms with Gasteiger partial charge in [0.05, 0.1) is 0 Å². The van der Waals surface area contributed by atoms with Gasteiger partial charge in [0.25, 0.3) is 0 Å². The molecule has 20 heavy (non-hydrogen) atoms. The Morgan fingerprint density at radius 1 is 1.35 bits per heavy atom.